The van der Waals surface area contributed by atoms with E-state index in [1.807, 2.05) is 19.1 Å². The van der Waals surface area contributed by atoms with Crippen molar-refractivity contribution in [3.63, 3.8) is 0 Å². The van der Waals surface area contributed by atoms with Crippen molar-refractivity contribution in [2.75, 3.05) is 23.7 Å². The molecule has 1 fully saturated rings. The molecule has 11 heteroatoms. The van der Waals surface area contributed by atoms with E-state index in [0.717, 1.165) is 0 Å². The van der Waals surface area contributed by atoms with Crippen molar-refractivity contribution in [3.8, 4) is 5.75 Å². The van der Waals surface area contributed by atoms with Crippen molar-refractivity contribution in [2.45, 2.75) is 19.1 Å². The molecule has 0 unspecified atom stereocenters. The van der Waals surface area contributed by atoms with E-state index in [1.165, 1.54) is 18.5 Å². The van der Waals surface area contributed by atoms with Crippen LogP contribution in [0.15, 0.2) is 67.5 Å². The summed E-state index contributed by atoms with van der Waals surface area (Å²) >= 11 is 6.42. The van der Waals surface area contributed by atoms with Gasteiger partial charge in [0.1, 0.15) is 30.0 Å². The summed E-state index contributed by atoms with van der Waals surface area (Å²) in [5.74, 6) is 0.928. The minimum atomic E-state index is -0.567. The van der Waals surface area contributed by atoms with Crippen molar-refractivity contribution in [1.29, 1.82) is 0 Å². The molecule has 37 heavy (non-hydrogen) atoms. The van der Waals surface area contributed by atoms with Crippen LogP contribution in [0.3, 0.4) is 0 Å². The molecule has 0 saturated carbocycles. The lowest BCUT2D eigenvalue weighted by atomic mass is 9.92. The topological polar surface area (TPSA) is 105 Å². The highest BCUT2D eigenvalue weighted by molar-refractivity contribution is 6.32. The third-order valence-corrected chi connectivity index (χ3v) is 6.12. The second kappa shape index (κ2) is 9.98. The lowest BCUT2D eigenvalue weighted by molar-refractivity contribution is -0.132. The molecule has 1 aromatic carbocycles. The normalized spacial score (nSPS) is 14.1. The van der Waals surface area contributed by atoms with Crippen LogP contribution in [0, 0.1) is 5.95 Å². The third-order valence-electron chi connectivity index (χ3n) is 5.82. The number of aromatic nitrogens is 4. The molecular weight excluding hydrogens is 497 g/mol. The second-order valence-corrected chi connectivity index (χ2v) is 9.29. The summed E-state index contributed by atoms with van der Waals surface area (Å²) < 4.78 is 19.0. The molecule has 5 rings (SSSR count). The number of halogens is 2. The summed E-state index contributed by atoms with van der Waals surface area (Å²) in [6.07, 6.45) is 2.77. The van der Waals surface area contributed by atoms with Crippen molar-refractivity contribution in [2.24, 2.45) is 0 Å². The van der Waals surface area contributed by atoms with Crippen LogP contribution >= 0.6 is 11.6 Å². The zero-order valence-electron chi connectivity index (χ0n) is 19.9. The maximum absolute atomic E-state index is 13.3. The summed E-state index contributed by atoms with van der Waals surface area (Å²) in [6, 6.07) is 13.4. The fourth-order valence-electron chi connectivity index (χ4n) is 4.09. The minimum Gasteiger partial charge on any atom is -0.486 e. The van der Waals surface area contributed by atoms with E-state index >= 15 is 0 Å². The smallest absolute Gasteiger partial charge is 0.246 e. The standard InChI is InChI=1S/C26H23ClFN7O2/c1-3-23(36)35-13-26(2,14-35)34-22-10-8-19-24(33-22)25(30-15-29-19)32-16-7-9-20(18(27)11-16)37-12-17-5-4-6-21(28)31-17/h3-11,15H,1,12-14H2,2H3,(H,33,34)(H,29,30,32). The Balaban J connectivity index is 1.30. The van der Waals surface area contributed by atoms with Gasteiger partial charge in [0.05, 0.1) is 21.8 Å². The Morgan fingerprint density at radius 3 is 2.81 bits per heavy atom. The van der Waals surface area contributed by atoms with Crippen molar-refractivity contribution < 1.29 is 13.9 Å². The Kier molecular flexibility index (Phi) is 6.58. The number of ether oxygens (including phenoxy) is 1. The second-order valence-electron chi connectivity index (χ2n) is 8.88. The maximum Gasteiger partial charge on any atom is 0.246 e. The first-order chi connectivity index (χ1) is 17.8. The lowest BCUT2D eigenvalue weighted by Crippen LogP contribution is -2.65. The van der Waals surface area contributed by atoms with Crippen LogP contribution in [0.4, 0.5) is 21.7 Å². The molecule has 188 valence electrons. The molecule has 0 spiro atoms. The van der Waals surface area contributed by atoms with Gasteiger partial charge in [0, 0.05) is 18.8 Å². The van der Waals surface area contributed by atoms with E-state index in [9.17, 15) is 9.18 Å². The van der Waals surface area contributed by atoms with Gasteiger partial charge in [0.2, 0.25) is 11.9 Å². The van der Waals surface area contributed by atoms with Gasteiger partial charge in [-0.1, -0.05) is 24.2 Å². The predicted molar refractivity (Wildman–Crippen MR) is 139 cm³/mol. The van der Waals surface area contributed by atoms with Gasteiger partial charge in [0.15, 0.2) is 5.82 Å². The number of pyridine rings is 2. The van der Waals surface area contributed by atoms with Gasteiger partial charge in [0.25, 0.3) is 0 Å². The number of carbonyl (C=O) groups is 1. The van der Waals surface area contributed by atoms with Crippen LogP contribution in [0.2, 0.25) is 5.02 Å². The maximum atomic E-state index is 13.3. The molecule has 0 bridgehead atoms. The fourth-order valence-corrected chi connectivity index (χ4v) is 4.32. The molecule has 0 radical (unpaired) electrons. The molecule has 1 amide bonds. The van der Waals surface area contributed by atoms with Crippen LogP contribution in [0.25, 0.3) is 11.0 Å². The number of hydrogen-bond acceptors (Lipinski definition) is 8. The molecule has 2 N–H and O–H groups in total. The van der Waals surface area contributed by atoms with E-state index in [2.05, 4.69) is 32.2 Å². The SMILES string of the molecule is C=CC(=O)N1CC(C)(Nc2ccc3ncnc(Nc4ccc(OCc5cccc(F)n5)c(Cl)c4)c3n2)C1. The molecule has 9 nitrogen and oxygen atoms in total. The van der Waals surface area contributed by atoms with Gasteiger partial charge in [-0.05, 0) is 55.5 Å². The monoisotopic (exact) mass is 519 g/mol. The van der Waals surface area contributed by atoms with Crippen molar-refractivity contribution in [3.05, 3.63) is 84.2 Å². The largest absolute Gasteiger partial charge is 0.486 e. The van der Waals surface area contributed by atoms with Gasteiger partial charge < -0.3 is 20.3 Å². The average molecular weight is 520 g/mol. The first kappa shape index (κ1) is 24.4. The molecule has 1 aliphatic rings. The Bertz CT molecular complexity index is 1490. The Hall–Kier alpha value is -4.31. The highest BCUT2D eigenvalue weighted by Gasteiger charge is 2.40. The number of fused-ring (bicyclic) bond motifs is 1. The Morgan fingerprint density at radius 2 is 2.05 bits per heavy atom. The quantitative estimate of drug-likeness (QED) is 0.254. The van der Waals surface area contributed by atoms with Crippen LogP contribution in [-0.4, -0.2) is 49.4 Å². The molecule has 4 heterocycles. The number of hydrogen-bond donors (Lipinski definition) is 2. The zero-order chi connectivity index (χ0) is 26.0. The highest BCUT2D eigenvalue weighted by atomic mass is 35.5. The molecule has 0 atom stereocenters. The van der Waals surface area contributed by atoms with E-state index in [4.69, 9.17) is 21.3 Å². The van der Waals surface area contributed by atoms with Gasteiger partial charge in [-0.25, -0.2) is 19.9 Å². The Morgan fingerprint density at radius 1 is 1.22 bits per heavy atom. The summed E-state index contributed by atoms with van der Waals surface area (Å²) in [4.78, 5) is 30.7. The van der Waals surface area contributed by atoms with Crippen molar-refractivity contribution in [1.82, 2.24) is 24.8 Å². The van der Waals surface area contributed by atoms with Crippen LogP contribution < -0.4 is 15.4 Å². The van der Waals surface area contributed by atoms with Gasteiger partial charge in [-0.15, -0.1) is 0 Å². The average Bonchev–Trinajstić information content (AvgIpc) is 2.86. The van der Waals surface area contributed by atoms with E-state index in [0.29, 0.717) is 57.9 Å². The first-order valence-corrected chi connectivity index (χ1v) is 11.8. The van der Waals surface area contributed by atoms with Crippen molar-refractivity contribution >= 4 is 45.9 Å². The number of benzene rings is 1. The summed E-state index contributed by atoms with van der Waals surface area (Å²) in [7, 11) is 0. The Labute approximate surface area is 217 Å². The summed E-state index contributed by atoms with van der Waals surface area (Å²) in [6.45, 7) is 6.75. The zero-order valence-corrected chi connectivity index (χ0v) is 20.7. The number of amides is 1. The summed E-state index contributed by atoms with van der Waals surface area (Å²) in [5.41, 5.74) is 2.07. The third kappa shape index (κ3) is 5.44. The minimum absolute atomic E-state index is 0.0823. The molecular formula is C26H23ClFN7O2. The number of rotatable bonds is 8. The van der Waals surface area contributed by atoms with Crippen LogP contribution in [0.1, 0.15) is 12.6 Å². The molecule has 1 saturated heterocycles. The molecule has 3 aromatic heterocycles. The van der Waals surface area contributed by atoms with E-state index < -0.39 is 5.95 Å². The summed E-state index contributed by atoms with van der Waals surface area (Å²) in [5, 5.41) is 7.01. The van der Waals surface area contributed by atoms with E-state index in [1.54, 1.807) is 35.2 Å². The number of nitrogens with zero attached hydrogens (tertiary/aromatic N) is 5. The van der Waals surface area contributed by atoms with Gasteiger partial charge in [-0.2, -0.15) is 4.39 Å². The van der Waals surface area contributed by atoms with E-state index in [-0.39, 0.29) is 18.1 Å². The van der Waals surface area contributed by atoms with Gasteiger partial charge >= 0.3 is 0 Å². The molecule has 0 aliphatic carbocycles. The van der Waals surface area contributed by atoms with Crippen LogP contribution in [-0.2, 0) is 11.4 Å². The van der Waals surface area contributed by atoms with Gasteiger partial charge in [-0.3, -0.25) is 4.79 Å². The number of anilines is 3. The fraction of sp³-hybridized carbons (Fsp3) is 0.192. The first-order valence-electron chi connectivity index (χ1n) is 11.4. The van der Waals surface area contributed by atoms with Crippen LogP contribution in [0.5, 0.6) is 5.75 Å². The molecule has 4 aromatic rings. The number of carbonyl (C=O) groups excluding carboxylic acids is 1. The number of likely N-dealkylation sites (tertiary alicyclic amines) is 1. The number of nitrogens with one attached hydrogen (secondary N) is 2. The predicted octanol–water partition coefficient (Wildman–Crippen LogP) is 4.73. The highest BCUT2D eigenvalue weighted by Crippen LogP contribution is 2.31. The molecule has 1 aliphatic heterocycles. The lowest BCUT2D eigenvalue weighted by Gasteiger charge is -2.48.